The van der Waals surface area contributed by atoms with Crippen molar-refractivity contribution in [3.8, 4) is 22.4 Å². The molecule has 0 saturated heterocycles. The molecule has 7 aromatic rings. The molecule has 0 aliphatic carbocycles. The normalized spacial score (nSPS) is 12.1. The van der Waals surface area contributed by atoms with Crippen LogP contribution in [0.5, 0.6) is 0 Å². The van der Waals surface area contributed by atoms with E-state index in [9.17, 15) is 17.6 Å². The van der Waals surface area contributed by atoms with Gasteiger partial charge in [-0.05, 0) is 85.2 Å². The molecule has 1 heterocycles. The van der Waals surface area contributed by atoms with Crippen molar-refractivity contribution in [2.24, 2.45) is 0 Å². The Labute approximate surface area is 221 Å². The second-order valence-corrected chi connectivity index (χ2v) is 9.67. The fraction of sp³-hybridized carbons (Fsp3) is 0.0294. The van der Waals surface area contributed by atoms with Gasteiger partial charge < -0.3 is 0 Å². The molecule has 0 aliphatic rings. The third kappa shape index (κ3) is 3.89. The highest BCUT2D eigenvalue weighted by Crippen LogP contribution is 2.40. The summed E-state index contributed by atoms with van der Waals surface area (Å²) in [6, 6.07) is 32.0. The largest absolute Gasteiger partial charge is 0.417 e. The minimum atomic E-state index is -4.49. The fourth-order valence-corrected chi connectivity index (χ4v) is 5.55. The monoisotopic (exact) mass is 517 g/mol. The van der Waals surface area contributed by atoms with Crippen LogP contribution < -0.4 is 0 Å². The molecule has 1 nitrogen and oxygen atoms in total. The standard InChI is InChI=1S/C34H19F4N/c35-25-9-5-20(6-10-25)21-7-11-26-23(17-21)8-12-29-28(26)13-14-31-30(29)15-16-39-33(31)24-18-22-3-1-2-4-27(22)32(19-24)34(36,37)38/h1-19H. The van der Waals surface area contributed by atoms with Crippen molar-refractivity contribution in [2.45, 2.75) is 6.18 Å². The van der Waals surface area contributed by atoms with Gasteiger partial charge >= 0.3 is 6.18 Å². The minimum absolute atomic E-state index is 0.172. The van der Waals surface area contributed by atoms with E-state index >= 15 is 0 Å². The number of hydrogen-bond donors (Lipinski definition) is 0. The van der Waals surface area contributed by atoms with Gasteiger partial charge in [0.25, 0.3) is 0 Å². The summed E-state index contributed by atoms with van der Waals surface area (Å²) < 4.78 is 55.4. The first-order valence-corrected chi connectivity index (χ1v) is 12.5. The van der Waals surface area contributed by atoms with Crippen LogP contribution in [0.15, 0.2) is 115 Å². The first-order chi connectivity index (χ1) is 18.9. The van der Waals surface area contributed by atoms with E-state index < -0.39 is 11.7 Å². The van der Waals surface area contributed by atoms with Crippen molar-refractivity contribution >= 4 is 43.1 Å². The van der Waals surface area contributed by atoms with Crippen molar-refractivity contribution in [1.82, 2.24) is 4.98 Å². The number of alkyl halides is 3. The topological polar surface area (TPSA) is 12.9 Å². The molecule has 0 N–H and O–H groups in total. The average molecular weight is 518 g/mol. The average Bonchev–Trinajstić information content (AvgIpc) is 2.95. The van der Waals surface area contributed by atoms with Gasteiger partial charge in [-0.25, -0.2) is 4.39 Å². The molecule has 0 amide bonds. The highest BCUT2D eigenvalue weighted by molar-refractivity contribution is 6.19. The first-order valence-electron chi connectivity index (χ1n) is 12.5. The Balaban J connectivity index is 1.42. The lowest BCUT2D eigenvalue weighted by Gasteiger charge is -2.15. The van der Waals surface area contributed by atoms with E-state index in [4.69, 9.17) is 0 Å². The number of hydrogen-bond acceptors (Lipinski definition) is 1. The number of halogens is 4. The second kappa shape index (κ2) is 8.63. The summed E-state index contributed by atoms with van der Waals surface area (Å²) in [5, 5.41) is 6.54. The van der Waals surface area contributed by atoms with Crippen molar-refractivity contribution < 1.29 is 17.6 Å². The van der Waals surface area contributed by atoms with E-state index in [1.165, 1.54) is 24.3 Å². The van der Waals surface area contributed by atoms with Crippen molar-refractivity contribution in [2.75, 3.05) is 0 Å². The Bertz CT molecular complexity index is 2060. The maximum Gasteiger partial charge on any atom is 0.417 e. The zero-order valence-electron chi connectivity index (χ0n) is 20.4. The van der Waals surface area contributed by atoms with Gasteiger partial charge in [-0.1, -0.05) is 72.8 Å². The Morgan fingerprint density at radius 1 is 0.487 bits per heavy atom. The summed E-state index contributed by atoms with van der Waals surface area (Å²) in [4.78, 5) is 4.53. The summed E-state index contributed by atoms with van der Waals surface area (Å²) >= 11 is 0. The lowest BCUT2D eigenvalue weighted by atomic mass is 9.92. The van der Waals surface area contributed by atoms with Crippen LogP contribution in [0.3, 0.4) is 0 Å². The van der Waals surface area contributed by atoms with E-state index in [1.54, 1.807) is 42.6 Å². The van der Waals surface area contributed by atoms with Crippen LogP contribution in [-0.2, 0) is 6.18 Å². The molecule has 39 heavy (non-hydrogen) atoms. The Morgan fingerprint density at radius 2 is 1.10 bits per heavy atom. The van der Waals surface area contributed by atoms with Gasteiger partial charge in [0.05, 0.1) is 11.3 Å². The second-order valence-electron chi connectivity index (χ2n) is 9.67. The third-order valence-electron chi connectivity index (χ3n) is 7.38. The number of aromatic nitrogens is 1. The third-order valence-corrected chi connectivity index (χ3v) is 7.38. The molecule has 0 saturated carbocycles. The summed E-state index contributed by atoms with van der Waals surface area (Å²) in [6.45, 7) is 0. The number of benzene rings is 6. The van der Waals surface area contributed by atoms with E-state index in [1.807, 2.05) is 36.4 Å². The smallest absolute Gasteiger partial charge is 0.256 e. The molecule has 0 bridgehead atoms. The van der Waals surface area contributed by atoms with Gasteiger partial charge in [-0.3, -0.25) is 4.98 Å². The quantitative estimate of drug-likeness (QED) is 0.164. The van der Waals surface area contributed by atoms with Crippen molar-refractivity contribution in [3.63, 3.8) is 0 Å². The Hall–Kier alpha value is -4.77. The molecule has 7 rings (SSSR count). The molecule has 188 valence electrons. The molecule has 0 atom stereocenters. The predicted molar refractivity (Wildman–Crippen MR) is 150 cm³/mol. The summed E-state index contributed by atoms with van der Waals surface area (Å²) in [5.74, 6) is -0.274. The van der Waals surface area contributed by atoms with Crippen molar-refractivity contribution in [1.29, 1.82) is 0 Å². The van der Waals surface area contributed by atoms with Crippen LogP contribution in [0.4, 0.5) is 17.6 Å². The molecule has 0 aliphatic heterocycles. The Kier molecular flexibility index (Phi) is 5.17. The van der Waals surface area contributed by atoms with Crippen molar-refractivity contribution in [3.05, 3.63) is 127 Å². The van der Waals surface area contributed by atoms with E-state index in [-0.39, 0.29) is 11.2 Å². The Morgan fingerprint density at radius 3 is 1.92 bits per heavy atom. The van der Waals surface area contributed by atoms with Gasteiger partial charge in [0.2, 0.25) is 0 Å². The molecular weight excluding hydrogens is 498 g/mol. The zero-order valence-corrected chi connectivity index (χ0v) is 20.4. The van der Waals surface area contributed by atoms with E-state index in [0.717, 1.165) is 43.4 Å². The first kappa shape index (κ1) is 23.4. The SMILES string of the molecule is Fc1ccc(-c2ccc3c(ccc4c5ccnc(-c6cc(C(F)(F)F)c7ccccc7c6)c5ccc34)c2)cc1. The molecule has 0 fully saturated rings. The van der Waals surface area contributed by atoms with Crippen LogP contribution in [0.25, 0.3) is 65.5 Å². The highest BCUT2D eigenvalue weighted by Gasteiger charge is 2.33. The molecule has 0 spiro atoms. The molecule has 1 aromatic heterocycles. The lowest BCUT2D eigenvalue weighted by Crippen LogP contribution is -2.06. The van der Waals surface area contributed by atoms with E-state index in [0.29, 0.717) is 16.6 Å². The minimum Gasteiger partial charge on any atom is -0.256 e. The summed E-state index contributed by atoms with van der Waals surface area (Å²) in [6.07, 6.45) is -2.83. The molecule has 0 unspecified atom stereocenters. The zero-order chi connectivity index (χ0) is 26.7. The number of nitrogens with zero attached hydrogens (tertiary/aromatic N) is 1. The van der Waals surface area contributed by atoms with Gasteiger partial charge in [-0.15, -0.1) is 0 Å². The van der Waals surface area contributed by atoms with Gasteiger partial charge in [0.1, 0.15) is 5.82 Å². The van der Waals surface area contributed by atoms with Gasteiger partial charge in [0, 0.05) is 17.1 Å². The van der Waals surface area contributed by atoms with Crippen LogP contribution in [0.2, 0.25) is 0 Å². The predicted octanol–water partition coefficient (Wildman–Crippen LogP) is 10.2. The van der Waals surface area contributed by atoms with E-state index in [2.05, 4.69) is 17.1 Å². The van der Waals surface area contributed by atoms with Crippen LogP contribution in [0.1, 0.15) is 5.56 Å². The highest BCUT2D eigenvalue weighted by atomic mass is 19.4. The fourth-order valence-electron chi connectivity index (χ4n) is 5.55. The van der Waals surface area contributed by atoms with Gasteiger partial charge in [0.15, 0.2) is 0 Å². The number of rotatable bonds is 2. The van der Waals surface area contributed by atoms with Gasteiger partial charge in [-0.2, -0.15) is 13.2 Å². The summed E-state index contributed by atoms with van der Waals surface area (Å²) in [5.41, 5.74) is 2.19. The summed E-state index contributed by atoms with van der Waals surface area (Å²) in [7, 11) is 0. The molecular formula is C34H19F4N. The molecule has 5 heteroatoms. The lowest BCUT2D eigenvalue weighted by molar-refractivity contribution is -0.136. The van der Waals surface area contributed by atoms with Crippen LogP contribution >= 0.6 is 0 Å². The number of fused-ring (bicyclic) bond motifs is 6. The van der Waals surface area contributed by atoms with Crippen LogP contribution in [0, 0.1) is 5.82 Å². The molecule has 0 radical (unpaired) electrons. The molecule has 6 aromatic carbocycles. The maximum absolute atomic E-state index is 14.0. The number of pyridine rings is 1. The van der Waals surface area contributed by atoms with Crippen LogP contribution in [-0.4, -0.2) is 4.98 Å². The maximum atomic E-state index is 14.0.